The van der Waals surface area contributed by atoms with Gasteiger partial charge in [-0.15, -0.1) is 13.2 Å². The van der Waals surface area contributed by atoms with Gasteiger partial charge in [0.25, 0.3) is 0 Å². The Morgan fingerprint density at radius 2 is 1.64 bits per heavy atom. The molecule has 3 aromatic rings. The molecule has 0 amide bonds. The van der Waals surface area contributed by atoms with Crippen LogP contribution in [0.3, 0.4) is 0 Å². The van der Waals surface area contributed by atoms with Gasteiger partial charge in [0.15, 0.2) is 0 Å². The summed E-state index contributed by atoms with van der Waals surface area (Å²) in [5.74, 6) is 0.725. The molecule has 1 aliphatic carbocycles. The summed E-state index contributed by atoms with van der Waals surface area (Å²) in [7, 11) is 0. The summed E-state index contributed by atoms with van der Waals surface area (Å²) < 4.78 is 42.2. The van der Waals surface area contributed by atoms with E-state index in [1.807, 2.05) is 26.0 Å². The Balaban J connectivity index is 1.68. The van der Waals surface area contributed by atoms with Gasteiger partial charge in [0, 0.05) is 23.4 Å². The number of alkyl halides is 3. The lowest BCUT2D eigenvalue weighted by Gasteiger charge is -2.23. The van der Waals surface area contributed by atoms with E-state index >= 15 is 0 Å². The van der Waals surface area contributed by atoms with Gasteiger partial charge in [-0.1, -0.05) is 37.5 Å². The number of nitrogens with zero attached hydrogens (tertiary/aromatic N) is 2. The fourth-order valence-corrected chi connectivity index (χ4v) is 4.20. The zero-order valence-corrected chi connectivity index (χ0v) is 18.7. The molecule has 1 saturated carbocycles. The van der Waals surface area contributed by atoms with Crippen molar-refractivity contribution in [2.75, 3.05) is 10.6 Å². The first-order chi connectivity index (χ1) is 15.7. The Labute approximate surface area is 191 Å². The molecule has 8 heteroatoms. The van der Waals surface area contributed by atoms with Crippen molar-refractivity contribution in [3.8, 4) is 17.0 Å². The van der Waals surface area contributed by atoms with Crippen molar-refractivity contribution >= 4 is 17.5 Å². The number of halogens is 3. The van der Waals surface area contributed by atoms with Crippen molar-refractivity contribution < 1.29 is 17.9 Å². The van der Waals surface area contributed by atoms with E-state index in [4.69, 9.17) is 0 Å². The molecule has 2 aromatic carbocycles. The van der Waals surface area contributed by atoms with Crippen LogP contribution in [0.15, 0.2) is 48.5 Å². The van der Waals surface area contributed by atoms with Gasteiger partial charge in [-0.2, -0.15) is 4.98 Å². The zero-order valence-electron chi connectivity index (χ0n) is 18.7. The molecule has 1 aromatic heterocycles. The number of benzene rings is 2. The van der Waals surface area contributed by atoms with E-state index in [1.54, 1.807) is 12.1 Å². The van der Waals surface area contributed by atoms with E-state index in [1.165, 1.54) is 24.6 Å². The molecular formula is C25H27F3N4O. The van der Waals surface area contributed by atoms with E-state index in [0.29, 0.717) is 23.0 Å². The summed E-state index contributed by atoms with van der Waals surface area (Å²) in [5, 5.41) is 6.74. The maximum absolute atomic E-state index is 12.7. The summed E-state index contributed by atoms with van der Waals surface area (Å²) in [6, 6.07) is 14.0. The highest BCUT2D eigenvalue weighted by Crippen LogP contribution is 2.30. The van der Waals surface area contributed by atoms with Gasteiger partial charge in [0.2, 0.25) is 5.95 Å². The number of hydrogen-bond donors (Lipinski definition) is 2. The largest absolute Gasteiger partial charge is 0.573 e. The van der Waals surface area contributed by atoms with Crippen LogP contribution in [-0.2, 0) is 0 Å². The zero-order chi connectivity index (χ0) is 23.4. The van der Waals surface area contributed by atoms with Crippen LogP contribution in [-0.4, -0.2) is 22.4 Å². The molecule has 33 heavy (non-hydrogen) atoms. The second-order valence-electron chi connectivity index (χ2n) is 8.52. The Hall–Kier alpha value is -3.29. The average molecular weight is 457 g/mol. The van der Waals surface area contributed by atoms with Crippen LogP contribution >= 0.6 is 0 Å². The van der Waals surface area contributed by atoms with Crippen molar-refractivity contribution in [2.45, 2.75) is 58.4 Å². The second-order valence-corrected chi connectivity index (χ2v) is 8.52. The first-order valence-electron chi connectivity index (χ1n) is 11.1. The first-order valence-corrected chi connectivity index (χ1v) is 11.1. The van der Waals surface area contributed by atoms with Crippen LogP contribution < -0.4 is 15.4 Å². The second kappa shape index (κ2) is 9.68. The average Bonchev–Trinajstić information content (AvgIpc) is 2.72. The van der Waals surface area contributed by atoms with E-state index in [9.17, 15) is 13.2 Å². The number of aryl methyl sites for hydroxylation is 2. The molecule has 0 bridgehead atoms. The molecule has 0 atom stereocenters. The number of hydrogen-bond acceptors (Lipinski definition) is 5. The molecule has 2 N–H and O–H groups in total. The summed E-state index contributed by atoms with van der Waals surface area (Å²) in [6.45, 7) is 4.04. The minimum atomic E-state index is -4.76. The number of ether oxygens (including phenoxy) is 1. The highest BCUT2D eigenvalue weighted by atomic mass is 19.4. The molecule has 1 aliphatic rings. The molecule has 0 aliphatic heterocycles. The minimum absolute atomic E-state index is 0.281. The molecule has 1 fully saturated rings. The van der Waals surface area contributed by atoms with Crippen molar-refractivity contribution in [2.24, 2.45) is 0 Å². The minimum Gasteiger partial charge on any atom is -0.406 e. The number of anilines is 3. The van der Waals surface area contributed by atoms with Gasteiger partial charge >= 0.3 is 6.36 Å². The standard InChI is InChI=1S/C25H27F3N4O/c1-16-11-17(2)13-20(12-16)29-23-15-22(18-7-6-10-21(14-18)33-25(26,27)28)31-24(32-23)30-19-8-4-3-5-9-19/h6-7,10-15,19H,3-5,8-9H2,1-2H3,(H2,29,30,31,32). The number of aromatic nitrogens is 2. The topological polar surface area (TPSA) is 59.1 Å². The third kappa shape index (κ3) is 6.60. The lowest BCUT2D eigenvalue weighted by atomic mass is 9.96. The summed E-state index contributed by atoms with van der Waals surface area (Å²) in [5.41, 5.74) is 4.13. The summed E-state index contributed by atoms with van der Waals surface area (Å²) in [4.78, 5) is 9.26. The number of rotatable bonds is 6. The Kier molecular flexibility index (Phi) is 6.72. The smallest absolute Gasteiger partial charge is 0.406 e. The van der Waals surface area contributed by atoms with Crippen LogP contribution in [0.5, 0.6) is 5.75 Å². The van der Waals surface area contributed by atoms with Crippen LogP contribution in [0.25, 0.3) is 11.3 Å². The van der Waals surface area contributed by atoms with Gasteiger partial charge in [-0.3, -0.25) is 0 Å². The summed E-state index contributed by atoms with van der Waals surface area (Å²) >= 11 is 0. The van der Waals surface area contributed by atoms with Crippen LogP contribution in [0.2, 0.25) is 0 Å². The molecular weight excluding hydrogens is 429 g/mol. The Morgan fingerprint density at radius 1 is 0.909 bits per heavy atom. The molecule has 1 heterocycles. The van der Waals surface area contributed by atoms with E-state index in [-0.39, 0.29) is 11.8 Å². The van der Waals surface area contributed by atoms with E-state index in [2.05, 4.69) is 31.4 Å². The van der Waals surface area contributed by atoms with Crippen molar-refractivity contribution in [1.82, 2.24) is 9.97 Å². The fourth-order valence-electron chi connectivity index (χ4n) is 4.20. The summed E-state index contributed by atoms with van der Waals surface area (Å²) in [6.07, 6.45) is 0.868. The highest BCUT2D eigenvalue weighted by molar-refractivity contribution is 5.69. The lowest BCUT2D eigenvalue weighted by molar-refractivity contribution is -0.274. The van der Waals surface area contributed by atoms with Gasteiger partial charge < -0.3 is 15.4 Å². The Bertz CT molecular complexity index is 1090. The predicted molar refractivity (Wildman–Crippen MR) is 124 cm³/mol. The molecule has 0 radical (unpaired) electrons. The highest BCUT2D eigenvalue weighted by Gasteiger charge is 2.31. The third-order valence-corrected chi connectivity index (χ3v) is 5.52. The van der Waals surface area contributed by atoms with Crippen molar-refractivity contribution in [3.05, 3.63) is 59.7 Å². The Morgan fingerprint density at radius 3 is 2.33 bits per heavy atom. The molecule has 5 nitrogen and oxygen atoms in total. The molecule has 174 valence electrons. The van der Waals surface area contributed by atoms with Crippen molar-refractivity contribution in [1.29, 1.82) is 0 Å². The van der Waals surface area contributed by atoms with Crippen LogP contribution in [0.1, 0.15) is 43.2 Å². The number of nitrogens with one attached hydrogen (secondary N) is 2. The first kappa shape index (κ1) is 22.9. The molecule has 0 unspecified atom stereocenters. The third-order valence-electron chi connectivity index (χ3n) is 5.52. The van der Waals surface area contributed by atoms with Gasteiger partial charge in [-0.05, 0) is 62.1 Å². The van der Waals surface area contributed by atoms with Gasteiger partial charge in [-0.25, -0.2) is 4.98 Å². The quantitative estimate of drug-likeness (QED) is 0.413. The van der Waals surface area contributed by atoms with E-state index in [0.717, 1.165) is 42.5 Å². The van der Waals surface area contributed by atoms with Crippen LogP contribution in [0, 0.1) is 13.8 Å². The predicted octanol–water partition coefficient (Wildman–Crippen LogP) is 7.15. The van der Waals surface area contributed by atoms with E-state index < -0.39 is 6.36 Å². The van der Waals surface area contributed by atoms with Crippen molar-refractivity contribution in [3.63, 3.8) is 0 Å². The van der Waals surface area contributed by atoms with Crippen LogP contribution in [0.4, 0.5) is 30.6 Å². The van der Waals surface area contributed by atoms with Gasteiger partial charge in [0.1, 0.15) is 11.6 Å². The maximum Gasteiger partial charge on any atom is 0.573 e. The molecule has 0 saturated heterocycles. The SMILES string of the molecule is Cc1cc(C)cc(Nc2cc(-c3cccc(OC(F)(F)F)c3)nc(NC3CCCCC3)n2)c1. The monoisotopic (exact) mass is 456 g/mol. The fraction of sp³-hybridized carbons (Fsp3) is 0.360. The van der Waals surface area contributed by atoms with Gasteiger partial charge in [0.05, 0.1) is 5.69 Å². The lowest BCUT2D eigenvalue weighted by Crippen LogP contribution is -2.23. The maximum atomic E-state index is 12.7. The molecule has 0 spiro atoms. The molecule has 4 rings (SSSR count). The normalized spacial score (nSPS) is 14.7.